The van der Waals surface area contributed by atoms with Gasteiger partial charge in [0, 0.05) is 31.5 Å². The highest BCUT2D eigenvalue weighted by molar-refractivity contribution is 7.89. The Hall–Kier alpha value is -2.39. The SMILES string of the molecule is COc1ccc(S(=O)(=O)N2CCCC2c2cccn2C)cc1[N+](=O)[O-]. The van der Waals surface area contributed by atoms with E-state index < -0.39 is 14.9 Å². The Bertz CT molecular complexity index is 906. The summed E-state index contributed by atoms with van der Waals surface area (Å²) < 4.78 is 34.4. The second-order valence-electron chi connectivity index (χ2n) is 5.91. The number of aryl methyl sites for hydroxylation is 1. The van der Waals surface area contributed by atoms with Crippen LogP contribution >= 0.6 is 0 Å². The van der Waals surface area contributed by atoms with Crippen molar-refractivity contribution in [1.82, 2.24) is 8.87 Å². The molecule has 1 atom stereocenters. The van der Waals surface area contributed by atoms with E-state index in [2.05, 4.69) is 0 Å². The van der Waals surface area contributed by atoms with Crippen LogP contribution in [0, 0.1) is 10.1 Å². The number of rotatable bonds is 5. The van der Waals surface area contributed by atoms with Crippen LogP contribution in [0.3, 0.4) is 0 Å². The molecule has 0 saturated carbocycles. The number of sulfonamides is 1. The molecule has 2 heterocycles. The molecule has 3 rings (SSSR count). The Kier molecular flexibility index (Phi) is 4.53. The summed E-state index contributed by atoms with van der Waals surface area (Å²) in [6.45, 7) is 0.387. The van der Waals surface area contributed by atoms with Gasteiger partial charge in [0.1, 0.15) is 0 Å². The molecule has 1 fully saturated rings. The normalized spacial score (nSPS) is 18.4. The Morgan fingerprint density at radius 2 is 2.08 bits per heavy atom. The van der Waals surface area contributed by atoms with E-state index in [1.54, 1.807) is 0 Å². The van der Waals surface area contributed by atoms with Gasteiger partial charge >= 0.3 is 5.69 Å². The summed E-state index contributed by atoms with van der Waals surface area (Å²) in [5, 5.41) is 11.2. The first-order chi connectivity index (χ1) is 11.9. The van der Waals surface area contributed by atoms with Crippen LogP contribution < -0.4 is 4.74 Å². The molecule has 1 aromatic heterocycles. The molecule has 0 amide bonds. The van der Waals surface area contributed by atoms with Crippen molar-refractivity contribution in [1.29, 1.82) is 0 Å². The molecule has 25 heavy (non-hydrogen) atoms. The van der Waals surface area contributed by atoms with Crippen LogP contribution in [0.4, 0.5) is 5.69 Å². The zero-order chi connectivity index (χ0) is 18.2. The number of nitrogens with zero attached hydrogens (tertiary/aromatic N) is 3. The monoisotopic (exact) mass is 365 g/mol. The molecule has 1 saturated heterocycles. The second kappa shape index (κ2) is 6.49. The van der Waals surface area contributed by atoms with Crippen molar-refractivity contribution >= 4 is 15.7 Å². The van der Waals surface area contributed by atoms with Gasteiger partial charge in [0.2, 0.25) is 10.0 Å². The number of benzene rings is 1. The molecule has 1 unspecified atom stereocenters. The van der Waals surface area contributed by atoms with Gasteiger partial charge in [-0.2, -0.15) is 4.31 Å². The molecular weight excluding hydrogens is 346 g/mol. The van der Waals surface area contributed by atoms with Gasteiger partial charge in [0.05, 0.1) is 23.0 Å². The molecule has 1 aliphatic rings. The minimum Gasteiger partial charge on any atom is -0.490 e. The summed E-state index contributed by atoms with van der Waals surface area (Å²) >= 11 is 0. The summed E-state index contributed by atoms with van der Waals surface area (Å²) in [6, 6.07) is 7.23. The first-order valence-electron chi connectivity index (χ1n) is 7.81. The third kappa shape index (κ3) is 3.00. The molecule has 2 aromatic rings. The lowest BCUT2D eigenvalue weighted by molar-refractivity contribution is -0.386. The molecule has 0 aliphatic carbocycles. The van der Waals surface area contributed by atoms with Crippen molar-refractivity contribution in [3.8, 4) is 5.75 Å². The summed E-state index contributed by atoms with van der Waals surface area (Å²) in [4.78, 5) is 10.5. The number of methoxy groups -OCH3 is 1. The van der Waals surface area contributed by atoms with Crippen molar-refractivity contribution < 1.29 is 18.1 Å². The lowest BCUT2D eigenvalue weighted by atomic mass is 10.1. The third-order valence-electron chi connectivity index (χ3n) is 4.48. The van der Waals surface area contributed by atoms with Gasteiger partial charge in [0.25, 0.3) is 0 Å². The number of nitro groups is 1. The minimum atomic E-state index is -3.85. The Balaban J connectivity index is 2.03. The van der Waals surface area contributed by atoms with Crippen molar-refractivity contribution in [2.45, 2.75) is 23.8 Å². The number of hydrogen-bond acceptors (Lipinski definition) is 5. The predicted octanol–water partition coefficient (Wildman–Crippen LogP) is 2.47. The number of nitro benzene ring substituents is 1. The van der Waals surface area contributed by atoms with Crippen LogP contribution in [-0.2, 0) is 17.1 Å². The van der Waals surface area contributed by atoms with Gasteiger partial charge in [-0.05, 0) is 37.1 Å². The predicted molar refractivity (Wildman–Crippen MR) is 90.9 cm³/mol. The zero-order valence-electron chi connectivity index (χ0n) is 14.0. The molecule has 0 bridgehead atoms. The van der Waals surface area contributed by atoms with Crippen LogP contribution in [-0.4, -0.2) is 35.9 Å². The molecule has 0 N–H and O–H groups in total. The van der Waals surface area contributed by atoms with Gasteiger partial charge in [-0.3, -0.25) is 10.1 Å². The third-order valence-corrected chi connectivity index (χ3v) is 6.39. The molecule has 0 spiro atoms. The van der Waals surface area contributed by atoms with Gasteiger partial charge in [-0.15, -0.1) is 0 Å². The van der Waals surface area contributed by atoms with Crippen LogP contribution in [0.15, 0.2) is 41.4 Å². The van der Waals surface area contributed by atoms with Crippen molar-refractivity contribution in [3.63, 3.8) is 0 Å². The van der Waals surface area contributed by atoms with E-state index in [0.717, 1.165) is 24.6 Å². The van der Waals surface area contributed by atoms with Gasteiger partial charge in [0.15, 0.2) is 5.75 Å². The van der Waals surface area contributed by atoms with Gasteiger partial charge in [-0.25, -0.2) is 8.42 Å². The molecule has 9 heteroatoms. The van der Waals surface area contributed by atoms with E-state index in [4.69, 9.17) is 4.74 Å². The van der Waals surface area contributed by atoms with Crippen molar-refractivity contribution in [3.05, 3.63) is 52.3 Å². The first-order valence-corrected chi connectivity index (χ1v) is 9.25. The van der Waals surface area contributed by atoms with Crippen molar-refractivity contribution in [2.75, 3.05) is 13.7 Å². The minimum absolute atomic E-state index is 0.0318. The van der Waals surface area contributed by atoms with Crippen LogP contribution in [0.5, 0.6) is 5.75 Å². The number of ether oxygens (including phenoxy) is 1. The molecule has 8 nitrogen and oxygen atoms in total. The maximum absolute atomic E-state index is 13.1. The smallest absolute Gasteiger partial charge is 0.312 e. The topological polar surface area (TPSA) is 94.7 Å². The van der Waals surface area contributed by atoms with E-state index in [1.807, 2.05) is 29.9 Å². The summed E-state index contributed by atoms with van der Waals surface area (Å²) in [5.74, 6) is 0.0318. The lowest BCUT2D eigenvalue weighted by Gasteiger charge is -2.24. The van der Waals surface area contributed by atoms with Gasteiger partial charge < -0.3 is 9.30 Å². The fourth-order valence-electron chi connectivity index (χ4n) is 3.25. The molecule has 1 aliphatic heterocycles. The maximum atomic E-state index is 13.1. The summed E-state index contributed by atoms with van der Waals surface area (Å²) in [6.07, 6.45) is 3.33. The van der Waals surface area contributed by atoms with Crippen molar-refractivity contribution in [2.24, 2.45) is 7.05 Å². The highest BCUT2D eigenvalue weighted by Gasteiger charge is 2.38. The average Bonchev–Trinajstić information content (AvgIpc) is 3.22. The Morgan fingerprint density at radius 1 is 1.32 bits per heavy atom. The quantitative estimate of drug-likeness (QED) is 0.599. The van der Waals surface area contributed by atoms with E-state index in [9.17, 15) is 18.5 Å². The fraction of sp³-hybridized carbons (Fsp3) is 0.375. The number of hydrogen-bond donors (Lipinski definition) is 0. The van der Waals surface area contributed by atoms with Crippen LogP contribution in [0.25, 0.3) is 0 Å². The van der Waals surface area contributed by atoms with E-state index in [-0.39, 0.29) is 22.4 Å². The van der Waals surface area contributed by atoms with Gasteiger partial charge in [-0.1, -0.05) is 0 Å². The largest absolute Gasteiger partial charge is 0.490 e. The summed E-state index contributed by atoms with van der Waals surface area (Å²) in [5.41, 5.74) is 0.544. The van der Waals surface area contributed by atoms with Crippen LogP contribution in [0.2, 0.25) is 0 Å². The van der Waals surface area contributed by atoms with E-state index in [1.165, 1.54) is 23.5 Å². The van der Waals surface area contributed by atoms with E-state index in [0.29, 0.717) is 6.54 Å². The molecule has 1 aromatic carbocycles. The first kappa shape index (κ1) is 17.4. The second-order valence-corrected chi connectivity index (χ2v) is 7.80. The molecule has 0 radical (unpaired) electrons. The fourth-order valence-corrected chi connectivity index (χ4v) is 4.94. The highest BCUT2D eigenvalue weighted by atomic mass is 32.2. The lowest BCUT2D eigenvalue weighted by Crippen LogP contribution is -2.31. The molecule has 134 valence electrons. The Labute approximate surface area is 145 Å². The maximum Gasteiger partial charge on any atom is 0.312 e. The highest BCUT2D eigenvalue weighted by Crippen LogP contribution is 2.38. The molecular formula is C16H19N3O5S. The van der Waals surface area contributed by atoms with E-state index >= 15 is 0 Å². The Morgan fingerprint density at radius 3 is 2.68 bits per heavy atom. The standard InChI is InChI=1S/C16H19N3O5S/c1-17-9-3-5-13(17)14-6-4-10-18(14)25(22,23)12-7-8-16(24-2)15(11-12)19(20)21/h3,5,7-9,11,14H,4,6,10H2,1-2H3. The number of aromatic nitrogens is 1. The van der Waals surface area contributed by atoms with Crippen LogP contribution in [0.1, 0.15) is 24.6 Å². The average molecular weight is 365 g/mol. The summed E-state index contributed by atoms with van der Waals surface area (Å²) in [7, 11) is -0.672. The zero-order valence-corrected chi connectivity index (χ0v) is 14.8.